The number of alkyl halides is 3. The highest BCUT2D eigenvalue weighted by molar-refractivity contribution is 5.83. The number of piperidine rings is 1. The topological polar surface area (TPSA) is 59.2 Å². The van der Waals surface area contributed by atoms with Gasteiger partial charge in [-0.05, 0) is 38.3 Å². The highest BCUT2D eigenvalue weighted by Gasteiger charge is 2.37. The first kappa shape index (κ1) is 20.4. The average Bonchev–Trinajstić information content (AvgIpc) is 3.13. The van der Waals surface area contributed by atoms with Gasteiger partial charge in [-0.3, -0.25) is 4.79 Å². The highest BCUT2D eigenvalue weighted by Crippen LogP contribution is 2.39. The zero-order valence-electron chi connectivity index (χ0n) is 16.7. The Bertz CT molecular complexity index is 1050. The Morgan fingerprint density at radius 3 is 2.50 bits per heavy atom. The van der Waals surface area contributed by atoms with E-state index >= 15 is 0 Å². The monoisotopic (exact) mass is 417 g/mol. The first-order valence-electron chi connectivity index (χ1n) is 9.93. The third-order valence-corrected chi connectivity index (χ3v) is 5.84. The molecule has 1 saturated heterocycles. The fourth-order valence-electron chi connectivity index (χ4n) is 4.10. The van der Waals surface area contributed by atoms with Crippen molar-refractivity contribution >= 4 is 17.0 Å². The quantitative estimate of drug-likeness (QED) is 0.598. The van der Waals surface area contributed by atoms with Crippen LogP contribution in [-0.2, 0) is 11.0 Å². The van der Waals surface area contributed by atoms with Gasteiger partial charge in [0.25, 0.3) is 5.71 Å². The molecule has 3 heterocycles. The zero-order valence-corrected chi connectivity index (χ0v) is 16.7. The van der Waals surface area contributed by atoms with Crippen LogP contribution in [0.1, 0.15) is 54.1 Å². The van der Waals surface area contributed by atoms with Crippen LogP contribution >= 0.6 is 0 Å². The minimum atomic E-state index is -4.52. The number of fused-ring (bicyclic) bond motifs is 1. The number of amides is 1. The van der Waals surface area contributed by atoms with Crippen molar-refractivity contribution in [1.82, 2.24) is 15.0 Å². The fourth-order valence-corrected chi connectivity index (χ4v) is 4.10. The second-order valence-corrected chi connectivity index (χ2v) is 7.77. The molecule has 4 rings (SSSR count). The summed E-state index contributed by atoms with van der Waals surface area (Å²) in [5, 5.41) is 3.56. The molecule has 8 heteroatoms. The maximum absolute atomic E-state index is 13.6. The van der Waals surface area contributed by atoms with Crippen LogP contribution in [0.25, 0.3) is 11.1 Å². The SMILES string of the molecule is Cc1noc2nc(C3CCN(C(=O)[C@H](C)c4ccccc4)CC3)cc(C(F)(F)F)c12. The van der Waals surface area contributed by atoms with Gasteiger partial charge in [0.15, 0.2) is 0 Å². The molecule has 158 valence electrons. The van der Waals surface area contributed by atoms with Gasteiger partial charge in [-0.25, -0.2) is 4.98 Å². The van der Waals surface area contributed by atoms with Crippen LogP contribution in [0.5, 0.6) is 0 Å². The molecule has 3 aromatic rings. The maximum atomic E-state index is 13.6. The number of carbonyl (C=O) groups excluding carboxylic acids is 1. The van der Waals surface area contributed by atoms with E-state index in [1.54, 1.807) is 4.90 Å². The minimum absolute atomic E-state index is 0.0323. The fraction of sp³-hybridized carbons (Fsp3) is 0.409. The number of hydrogen-bond acceptors (Lipinski definition) is 4. The smallest absolute Gasteiger partial charge is 0.342 e. The van der Waals surface area contributed by atoms with Gasteiger partial charge in [0, 0.05) is 24.7 Å². The average molecular weight is 417 g/mol. The zero-order chi connectivity index (χ0) is 21.5. The Morgan fingerprint density at radius 2 is 1.87 bits per heavy atom. The van der Waals surface area contributed by atoms with Gasteiger partial charge < -0.3 is 9.42 Å². The van der Waals surface area contributed by atoms with Crippen molar-refractivity contribution in [2.75, 3.05) is 13.1 Å². The van der Waals surface area contributed by atoms with Crippen molar-refractivity contribution in [3.8, 4) is 0 Å². The molecule has 0 unspecified atom stereocenters. The predicted molar refractivity (Wildman–Crippen MR) is 105 cm³/mol. The van der Waals surface area contributed by atoms with Crippen LogP contribution in [-0.4, -0.2) is 34.0 Å². The van der Waals surface area contributed by atoms with E-state index < -0.39 is 11.7 Å². The number of aromatic nitrogens is 2. The first-order chi connectivity index (χ1) is 14.3. The van der Waals surface area contributed by atoms with E-state index in [-0.39, 0.29) is 34.5 Å². The Labute approximate surface area is 171 Å². The number of hydrogen-bond donors (Lipinski definition) is 0. The van der Waals surface area contributed by atoms with Crippen LogP contribution < -0.4 is 0 Å². The Balaban J connectivity index is 1.52. The molecule has 0 bridgehead atoms. The van der Waals surface area contributed by atoms with E-state index in [0.29, 0.717) is 31.6 Å². The molecule has 1 atom stereocenters. The van der Waals surface area contributed by atoms with Crippen molar-refractivity contribution < 1.29 is 22.5 Å². The summed E-state index contributed by atoms with van der Waals surface area (Å²) in [6.45, 7) is 4.32. The molecule has 1 fully saturated rings. The highest BCUT2D eigenvalue weighted by atomic mass is 19.4. The molecule has 0 saturated carbocycles. The van der Waals surface area contributed by atoms with Crippen molar-refractivity contribution in [1.29, 1.82) is 0 Å². The lowest BCUT2D eigenvalue weighted by molar-refractivity contribution is -0.136. The summed E-state index contributed by atoms with van der Waals surface area (Å²) in [6.07, 6.45) is -3.42. The van der Waals surface area contributed by atoms with E-state index in [4.69, 9.17) is 4.52 Å². The number of likely N-dealkylation sites (tertiary alicyclic amines) is 1. The minimum Gasteiger partial charge on any atom is -0.342 e. The van der Waals surface area contributed by atoms with Gasteiger partial charge in [0.1, 0.15) is 0 Å². The van der Waals surface area contributed by atoms with Gasteiger partial charge in [0.05, 0.1) is 22.6 Å². The van der Waals surface area contributed by atoms with E-state index in [9.17, 15) is 18.0 Å². The number of rotatable bonds is 3. The molecule has 0 N–H and O–H groups in total. The Kier molecular flexibility index (Phi) is 5.26. The van der Waals surface area contributed by atoms with Crippen LogP contribution in [0.15, 0.2) is 40.9 Å². The summed E-state index contributed by atoms with van der Waals surface area (Å²) in [4.78, 5) is 18.9. The van der Waals surface area contributed by atoms with Gasteiger partial charge >= 0.3 is 6.18 Å². The molecule has 1 aromatic carbocycles. The maximum Gasteiger partial charge on any atom is 0.417 e. The number of benzene rings is 1. The van der Waals surface area contributed by atoms with E-state index in [1.165, 1.54) is 6.92 Å². The number of aryl methyl sites for hydroxylation is 1. The lowest BCUT2D eigenvalue weighted by Gasteiger charge is -2.33. The standard InChI is InChI=1S/C22H22F3N3O2/c1-13(15-6-4-3-5-7-15)21(29)28-10-8-16(9-11-28)18-12-17(22(23,24)25)19-14(2)27-30-20(19)26-18/h3-7,12-13,16H,8-11H2,1-2H3/t13-/m1/s1. The molecule has 1 aliphatic heterocycles. The summed E-state index contributed by atoms with van der Waals surface area (Å²) in [6, 6.07) is 10.7. The normalized spacial score (nSPS) is 16.8. The lowest BCUT2D eigenvalue weighted by Crippen LogP contribution is -2.40. The van der Waals surface area contributed by atoms with E-state index in [0.717, 1.165) is 11.6 Å². The van der Waals surface area contributed by atoms with Gasteiger partial charge in [0.2, 0.25) is 5.91 Å². The Morgan fingerprint density at radius 1 is 1.20 bits per heavy atom. The summed E-state index contributed by atoms with van der Waals surface area (Å²) in [5.74, 6) is -0.395. The van der Waals surface area contributed by atoms with Crippen molar-refractivity contribution in [3.63, 3.8) is 0 Å². The third-order valence-electron chi connectivity index (χ3n) is 5.84. The molecular formula is C22H22F3N3O2. The molecule has 30 heavy (non-hydrogen) atoms. The van der Waals surface area contributed by atoms with Gasteiger partial charge in [-0.15, -0.1) is 0 Å². The number of carbonyl (C=O) groups is 1. The second-order valence-electron chi connectivity index (χ2n) is 7.77. The van der Waals surface area contributed by atoms with E-state index in [2.05, 4.69) is 10.1 Å². The van der Waals surface area contributed by atoms with Crippen molar-refractivity contribution in [2.24, 2.45) is 0 Å². The predicted octanol–water partition coefficient (Wildman–Crippen LogP) is 5.06. The van der Waals surface area contributed by atoms with Crippen LogP contribution in [0, 0.1) is 6.92 Å². The van der Waals surface area contributed by atoms with Crippen molar-refractivity contribution in [3.05, 3.63) is 58.9 Å². The molecule has 1 aliphatic rings. The summed E-state index contributed by atoms with van der Waals surface area (Å²) >= 11 is 0. The molecular weight excluding hydrogens is 395 g/mol. The van der Waals surface area contributed by atoms with Gasteiger partial charge in [-0.1, -0.05) is 35.5 Å². The molecule has 2 aromatic heterocycles. The number of nitrogens with zero attached hydrogens (tertiary/aromatic N) is 3. The molecule has 0 radical (unpaired) electrons. The largest absolute Gasteiger partial charge is 0.417 e. The molecule has 5 nitrogen and oxygen atoms in total. The number of halogens is 3. The lowest BCUT2D eigenvalue weighted by atomic mass is 9.90. The van der Waals surface area contributed by atoms with Crippen molar-refractivity contribution in [2.45, 2.75) is 44.7 Å². The number of pyridine rings is 1. The molecule has 0 spiro atoms. The van der Waals surface area contributed by atoms with Crippen LogP contribution in [0.4, 0.5) is 13.2 Å². The first-order valence-corrected chi connectivity index (χ1v) is 9.93. The van der Waals surface area contributed by atoms with Crippen LogP contribution in [0.3, 0.4) is 0 Å². The summed E-state index contributed by atoms with van der Waals surface area (Å²) in [5.41, 5.74) is 0.610. The third kappa shape index (κ3) is 3.78. The Hall–Kier alpha value is -2.90. The van der Waals surface area contributed by atoms with Crippen LogP contribution in [0.2, 0.25) is 0 Å². The molecule has 0 aliphatic carbocycles. The van der Waals surface area contributed by atoms with Gasteiger partial charge in [-0.2, -0.15) is 13.2 Å². The molecule has 1 amide bonds. The summed E-state index contributed by atoms with van der Waals surface area (Å²) < 4.78 is 45.8. The summed E-state index contributed by atoms with van der Waals surface area (Å²) in [7, 11) is 0. The second kappa shape index (κ2) is 7.74. The van der Waals surface area contributed by atoms with E-state index in [1.807, 2.05) is 37.3 Å².